The molecule has 2 aromatic rings. The Morgan fingerprint density at radius 1 is 0.857 bits per heavy atom. The Balaban J connectivity index is 1.99. The van der Waals surface area contributed by atoms with Gasteiger partial charge in [-0.25, -0.2) is 4.90 Å². The van der Waals surface area contributed by atoms with E-state index in [9.17, 15) is 9.59 Å². The normalized spacial score (nSPS) is 14.6. The second kappa shape index (κ2) is 5.02. The van der Waals surface area contributed by atoms with Crippen LogP contribution in [-0.2, 0) is 9.59 Å². The van der Waals surface area contributed by atoms with Crippen LogP contribution in [0.25, 0.3) is 5.57 Å². The fourth-order valence-corrected chi connectivity index (χ4v) is 2.40. The number of carbonyl (C=O) groups excluding carboxylic acids is 2. The maximum atomic E-state index is 12.5. The molecule has 104 valence electrons. The number of carbonyl (C=O) groups is 2. The molecule has 0 bridgehead atoms. The van der Waals surface area contributed by atoms with E-state index in [2.05, 4.69) is 0 Å². The highest BCUT2D eigenvalue weighted by Gasteiger charge is 2.32. The number of hydrogen-bond acceptors (Lipinski definition) is 2. The summed E-state index contributed by atoms with van der Waals surface area (Å²) in [5, 5.41) is 0. The largest absolute Gasteiger partial charge is 0.269 e. The smallest absolute Gasteiger partial charge is 0.266 e. The number of amides is 2. The van der Waals surface area contributed by atoms with Crippen LogP contribution in [0.15, 0.2) is 54.6 Å². The molecule has 1 aliphatic rings. The lowest BCUT2D eigenvalue weighted by atomic mass is 10.1. The van der Waals surface area contributed by atoms with E-state index in [4.69, 9.17) is 0 Å². The first-order chi connectivity index (χ1) is 10.1. The minimum absolute atomic E-state index is 0.269. The summed E-state index contributed by atoms with van der Waals surface area (Å²) in [4.78, 5) is 26.0. The van der Waals surface area contributed by atoms with Gasteiger partial charge in [0.1, 0.15) is 0 Å². The molecule has 0 unspecified atom stereocenters. The summed E-state index contributed by atoms with van der Waals surface area (Å²) >= 11 is 0. The van der Waals surface area contributed by atoms with Crippen molar-refractivity contribution in [1.82, 2.24) is 0 Å². The molecule has 3 rings (SSSR count). The van der Waals surface area contributed by atoms with Crippen LogP contribution in [0.3, 0.4) is 0 Å². The predicted octanol–water partition coefficient (Wildman–Crippen LogP) is 3.26. The van der Waals surface area contributed by atoms with Crippen molar-refractivity contribution in [2.24, 2.45) is 0 Å². The lowest BCUT2D eigenvalue weighted by Gasteiger charge is -2.16. The third-order valence-corrected chi connectivity index (χ3v) is 3.76. The Labute approximate surface area is 123 Å². The Morgan fingerprint density at radius 3 is 2.24 bits per heavy atom. The Bertz CT molecular complexity index is 760. The molecule has 3 heteroatoms. The van der Waals surface area contributed by atoms with Crippen LogP contribution in [0.1, 0.15) is 16.7 Å². The van der Waals surface area contributed by atoms with Crippen molar-refractivity contribution in [3.63, 3.8) is 0 Å². The third-order valence-electron chi connectivity index (χ3n) is 3.76. The quantitative estimate of drug-likeness (QED) is 0.790. The molecule has 2 amide bonds. The first-order valence-electron chi connectivity index (χ1n) is 6.81. The fraction of sp³-hybridized carbons (Fsp3) is 0.111. The van der Waals surface area contributed by atoms with Crippen LogP contribution in [0.4, 0.5) is 5.69 Å². The zero-order valence-electron chi connectivity index (χ0n) is 12.0. The summed E-state index contributed by atoms with van der Waals surface area (Å²) in [7, 11) is 0. The van der Waals surface area contributed by atoms with E-state index in [0.717, 1.165) is 16.7 Å². The van der Waals surface area contributed by atoms with Gasteiger partial charge in [0.25, 0.3) is 11.8 Å². The summed E-state index contributed by atoms with van der Waals surface area (Å²) in [5.74, 6) is -0.559. The number of benzene rings is 2. The average Bonchev–Trinajstić information content (AvgIpc) is 2.78. The summed E-state index contributed by atoms with van der Waals surface area (Å²) in [6.07, 6.45) is 1.41. The molecule has 0 spiro atoms. The van der Waals surface area contributed by atoms with Gasteiger partial charge in [-0.3, -0.25) is 9.59 Å². The lowest BCUT2D eigenvalue weighted by Crippen LogP contribution is -2.30. The van der Waals surface area contributed by atoms with E-state index >= 15 is 0 Å². The Kier molecular flexibility index (Phi) is 3.18. The van der Waals surface area contributed by atoms with Crippen molar-refractivity contribution < 1.29 is 9.59 Å². The number of aryl methyl sites for hydroxylation is 2. The SMILES string of the molecule is Cc1ccc(N2C(=O)C=C(c3ccccc3)C2=O)cc1C. The summed E-state index contributed by atoms with van der Waals surface area (Å²) in [6, 6.07) is 14.9. The zero-order valence-corrected chi connectivity index (χ0v) is 12.0. The molecule has 21 heavy (non-hydrogen) atoms. The molecule has 0 saturated heterocycles. The van der Waals surface area contributed by atoms with Gasteiger partial charge in [0.05, 0.1) is 11.3 Å². The van der Waals surface area contributed by atoms with Crippen molar-refractivity contribution in [3.05, 3.63) is 71.3 Å². The zero-order chi connectivity index (χ0) is 15.0. The van der Waals surface area contributed by atoms with Crippen LogP contribution in [0, 0.1) is 13.8 Å². The number of anilines is 1. The van der Waals surface area contributed by atoms with E-state index in [1.54, 1.807) is 6.07 Å². The van der Waals surface area contributed by atoms with Crippen molar-refractivity contribution >= 4 is 23.1 Å². The molecule has 0 aromatic heterocycles. The van der Waals surface area contributed by atoms with E-state index in [-0.39, 0.29) is 11.8 Å². The van der Waals surface area contributed by atoms with Gasteiger partial charge >= 0.3 is 0 Å². The summed E-state index contributed by atoms with van der Waals surface area (Å²) in [6.45, 7) is 3.97. The number of rotatable bonds is 2. The second-order valence-electron chi connectivity index (χ2n) is 5.17. The van der Waals surface area contributed by atoms with Gasteiger partial charge in [0, 0.05) is 6.08 Å². The molecule has 0 aliphatic carbocycles. The lowest BCUT2D eigenvalue weighted by molar-refractivity contribution is -0.119. The standard InChI is InChI=1S/C18H15NO2/c1-12-8-9-15(10-13(12)2)19-17(20)11-16(18(19)21)14-6-4-3-5-7-14/h3-11H,1-2H3. The van der Waals surface area contributed by atoms with Crippen molar-refractivity contribution in [2.75, 3.05) is 4.90 Å². The highest BCUT2D eigenvalue weighted by atomic mass is 16.2. The molecule has 0 N–H and O–H groups in total. The molecule has 0 fully saturated rings. The molecular weight excluding hydrogens is 262 g/mol. The van der Waals surface area contributed by atoms with Crippen LogP contribution < -0.4 is 4.90 Å². The minimum atomic E-state index is -0.290. The first kappa shape index (κ1) is 13.3. The van der Waals surface area contributed by atoms with Crippen LogP contribution in [-0.4, -0.2) is 11.8 Å². The maximum absolute atomic E-state index is 12.5. The molecular formula is C18H15NO2. The van der Waals surface area contributed by atoms with Crippen LogP contribution in [0.2, 0.25) is 0 Å². The van der Waals surface area contributed by atoms with Gasteiger partial charge in [0.2, 0.25) is 0 Å². The van der Waals surface area contributed by atoms with E-state index in [1.165, 1.54) is 11.0 Å². The highest BCUT2D eigenvalue weighted by Crippen LogP contribution is 2.29. The average molecular weight is 277 g/mol. The molecule has 2 aromatic carbocycles. The molecule has 3 nitrogen and oxygen atoms in total. The van der Waals surface area contributed by atoms with Crippen molar-refractivity contribution in [1.29, 1.82) is 0 Å². The highest BCUT2D eigenvalue weighted by molar-refractivity contribution is 6.43. The van der Waals surface area contributed by atoms with E-state index in [0.29, 0.717) is 11.3 Å². The molecule has 0 radical (unpaired) electrons. The van der Waals surface area contributed by atoms with Gasteiger partial charge in [0.15, 0.2) is 0 Å². The first-order valence-corrected chi connectivity index (χ1v) is 6.81. The molecule has 1 heterocycles. The molecule has 0 atom stereocenters. The number of hydrogen-bond donors (Lipinski definition) is 0. The molecule has 1 aliphatic heterocycles. The number of imide groups is 1. The van der Waals surface area contributed by atoms with Gasteiger partial charge in [-0.15, -0.1) is 0 Å². The minimum Gasteiger partial charge on any atom is -0.269 e. The number of nitrogens with zero attached hydrogens (tertiary/aromatic N) is 1. The topological polar surface area (TPSA) is 37.4 Å². The molecule has 0 saturated carbocycles. The van der Waals surface area contributed by atoms with E-state index in [1.807, 2.05) is 56.3 Å². The van der Waals surface area contributed by atoms with E-state index < -0.39 is 0 Å². The van der Waals surface area contributed by atoms with Gasteiger partial charge < -0.3 is 0 Å². The van der Waals surface area contributed by atoms with Crippen LogP contribution in [0.5, 0.6) is 0 Å². The van der Waals surface area contributed by atoms with Gasteiger partial charge in [-0.2, -0.15) is 0 Å². The van der Waals surface area contributed by atoms with Crippen LogP contribution >= 0.6 is 0 Å². The third kappa shape index (κ3) is 2.27. The summed E-state index contributed by atoms with van der Waals surface area (Å²) in [5.41, 5.74) is 4.02. The van der Waals surface area contributed by atoms with Crippen molar-refractivity contribution in [3.8, 4) is 0 Å². The Morgan fingerprint density at radius 2 is 1.57 bits per heavy atom. The fourth-order valence-electron chi connectivity index (χ4n) is 2.40. The predicted molar refractivity (Wildman–Crippen MR) is 82.8 cm³/mol. The van der Waals surface area contributed by atoms with Gasteiger partial charge in [-0.05, 0) is 42.7 Å². The van der Waals surface area contributed by atoms with Crippen molar-refractivity contribution in [2.45, 2.75) is 13.8 Å². The Hall–Kier alpha value is -2.68. The second-order valence-corrected chi connectivity index (χ2v) is 5.17. The maximum Gasteiger partial charge on any atom is 0.266 e. The monoisotopic (exact) mass is 277 g/mol. The van der Waals surface area contributed by atoms with Gasteiger partial charge in [-0.1, -0.05) is 36.4 Å². The summed E-state index contributed by atoms with van der Waals surface area (Å²) < 4.78 is 0.